The predicted octanol–water partition coefficient (Wildman–Crippen LogP) is 3.96. The molecule has 0 bridgehead atoms. The predicted molar refractivity (Wildman–Crippen MR) is 76.9 cm³/mol. The van der Waals surface area contributed by atoms with Gasteiger partial charge in [-0.15, -0.1) is 0 Å². The highest BCUT2D eigenvalue weighted by molar-refractivity contribution is 6.33. The first kappa shape index (κ1) is 13.4. The third-order valence-electron chi connectivity index (χ3n) is 2.89. The number of carbonyl (C=O) groups is 1. The minimum Gasteiger partial charge on any atom is -0.478 e. The standard InChI is InChI=1S/C15H14ClNO2/c1-10-3-2-4-13(16)14(10)17-9-11-5-7-12(8-6-11)15(18)19/h2-8,17H,9H2,1H3,(H,18,19). The second-order valence-electron chi connectivity index (χ2n) is 4.29. The van der Waals surface area contributed by atoms with E-state index in [1.807, 2.05) is 25.1 Å². The van der Waals surface area contributed by atoms with Gasteiger partial charge in [0.1, 0.15) is 0 Å². The molecule has 0 radical (unpaired) electrons. The van der Waals surface area contributed by atoms with Crippen molar-refractivity contribution in [2.45, 2.75) is 13.5 Å². The Morgan fingerprint density at radius 2 is 1.89 bits per heavy atom. The molecule has 0 saturated heterocycles. The molecule has 0 atom stereocenters. The number of nitrogens with one attached hydrogen (secondary N) is 1. The molecule has 0 aliphatic heterocycles. The molecule has 0 aromatic heterocycles. The topological polar surface area (TPSA) is 49.3 Å². The molecule has 0 heterocycles. The van der Waals surface area contributed by atoms with Crippen LogP contribution in [-0.2, 0) is 6.54 Å². The summed E-state index contributed by atoms with van der Waals surface area (Å²) in [5.74, 6) is -0.915. The van der Waals surface area contributed by atoms with E-state index in [4.69, 9.17) is 16.7 Å². The van der Waals surface area contributed by atoms with Crippen molar-refractivity contribution in [2.75, 3.05) is 5.32 Å². The van der Waals surface area contributed by atoms with Crippen LogP contribution in [0.15, 0.2) is 42.5 Å². The Labute approximate surface area is 116 Å². The summed E-state index contributed by atoms with van der Waals surface area (Å²) in [7, 11) is 0. The summed E-state index contributed by atoms with van der Waals surface area (Å²) >= 11 is 6.12. The number of aryl methyl sites for hydroxylation is 1. The summed E-state index contributed by atoms with van der Waals surface area (Å²) < 4.78 is 0. The zero-order chi connectivity index (χ0) is 13.8. The maximum absolute atomic E-state index is 10.7. The Morgan fingerprint density at radius 1 is 1.21 bits per heavy atom. The maximum Gasteiger partial charge on any atom is 0.335 e. The lowest BCUT2D eigenvalue weighted by molar-refractivity contribution is 0.0697. The molecule has 19 heavy (non-hydrogen) atoms. The van der Waals surface area contributed by atoms with Crippen LogP contribution in [0.5, 0.6) is 0 Å². The molecule has 0 spiro atoms. The Morgan fingerprint density at radius 3 is 2.47 bits per heavy atom. The minimum atomic E-state index is -0.915. The normalized spacial score (nSPS) is 10.2. The monoisotopic (exact) mass is 275 g/mol. The van der Waals surface area contributed by atoms with Crippen molar-refractivity contribution in [1.82, 2.24) is 0 Å². The van der Waals surface area contributed by atoms with Gasteiger partial charge in [-0.25, -0.2) is 4.79 Å². The number of carboxylic acid groups (broad SMARTS) is 1. The third kappa shape index (κ3) is 3.26. The molecule has 0 fully saturated rings. The fourth-order valence-electron chi connectivity index (χ4n) is 1.81. The second-order valence-corrected chi connectivity index (χ2v) is 4.69. The molecule has 3 nitrogen and oxygen atoms in total. The van der Waals surface area contributed by atoms with Crippen molar-refractivity contribution < 1.29 is 9.90 Å². The maximum atomic E-state index is 10.7. The molecule has 98 valence electrons. The van der Waals surface area contributed by atoms with Crippen molar-refractivity contribution in [2.24, 2.45) is 0 Å². The molecule has 4 heteroatoms. The second kappa shape index (κ2) is 5.76. The van der Waals surface area contributed by atoms with E-state index < -0.39 is 5.97 Å². The molecule has 0 amide bonds. The van der Waals surface area contributed by atoms with Crippen LogP contribution in [0, 0.1) is 6.92 Å². The van der Waals surface area contributed by atoms with Crippen LogP contribution in [0.25, 0.3) is 0 Å². The van der Waals surface area contributed by atoms with Crippen molar-refractivity contribution in [3.8, 4) is 0 Å². The van der Waals surface area contributed by atoms with Gasteiger partial charge in [-0.1, -0.05) is 35.9 Å². The molecule has 0 unspecified atom stereocenters. The van der Waals surface area contributed by atoms with Crippen molar-refractivity contribution >= 4 is 23.3 Å². The SMILES string of the molecule is Cc1cccc(Cl)c1NCc1ccc(C(=O)O)cc1. The quantitative estimate of drug-likeness (QED) is 0.888. The fraction of sp³-hybridized carbons (Fsp3) is 0.133. The van der Waals surface area contributed by atoms with Gasteiger partial charge >= 0.3 is 5.97 Å². The zero-order valence-corrected chi connectivity index (χ0v) is 11.2. The van der Waals surface area contributed by atoms with Gasteiger partial charge in [-0.3, -0.25) is 0 Å². The highest BCUT2D eigenvalue weighted by Crippen LogP contribution is 2.25. The van der Waals surface area contributed by atoms with Gasteiger partial charge in [0.05, 0.1) is 16.3 Å². The summed E-state index contributed by atoms with van der Waals surface area (Å²) in [4.78, 5) is 10.7. The van der Waals surface area contributed by atoms with Gasteiger partial charge in [0.25, 0.3) is 0 Å². The van der Waals surface area contributed by atoms with Crippen LogP contribution in [0.1, 0.15) is 21.5 Å². The molecular weight excluding hydrogens is 262 g/mol. The van der Waals surface area contributed by atoms with Crippen molar-refractivity contribution in [3.05, 3.63) is 64.2 Å². The van der Waals surface area contributed by atoms with Gasteiger partial charge in [0.15, 0.2) is 0 Å². The Hall–Kier alpha value is -2.00. The lowest BCUT2D eigenvalue weighted by Crippen LogP contribution is -2.02. The first-order chi connectivity index (χ1) is 9.08. The van der Waals surface area contributed by atoms with Crippen LogP contribution in [-0.4, -0.2) is 11.1 Å². The Balaban J connectivity index is 2.08. The molecular formula is C15H14ClNO2. The minimum absolute atomic E-state index is 0.290. The number of hydrogen-bond acceptors (Lipinski definition) is 2. The summed E-state index contributed by atoms with van der Waals surface area (Å²) in [6.07, 6.45) is 0. The van der Waals surface area contributed by atoms with E-state index >= 15 is 0 Å². The number of halogens is 1. The molecule has 2 aromatic carbocycles. The van der Waals surface area contributed by atoms with Gasteiger partial charge in [-0.05, 0) is 36.2 Å². The van der Waals surface area contributed by atoms with Crippen molar-refractivity contribution in [3.63, 3.8) is 0 Å². The van der Waals surface area contributed by atoms with Crippen LogP contribution in [0.2, 0.25) is 5.02 Å². The lowest BCUT2D eigenvalue weighted by Gasteiger charge is -2.11. The van der Waals surface area contributed by atoms with E-state index in [0.717, 1.165) is 16.8 Å². The molecule has 0 saturated carbocycles. The Bertz CT molecular complexity index is 573. The molecule has 2 N–H and O–H groups in total. The first-order valence-corrected chi connectivity index (χ1v) is 6.27. The van der Waals surface area contributed by atoms with Crippen LogP contribution < -0.4 is 5.32 Å². The Kier molecular flexibility index (Phi) is 4.07. The fourth-order valence-corrected chi connectivity index (χ4v) is 2.10. The summed E-state index contributed by atoms with van der Waals surface area (Å²) in [6.45, 7) is 2.59. The zero-order valence-electron chi connectivity index (χ0n) is 10.5. The highest BCUT2D eigenvalue weighted by Gasteiger charge is 2.04. The summed E-state index contributed by atoms with van der Waals surface area (Å²) in [5.41, 5.74) is 3.28. The van der Waals surface area contributed by atoms with Crippen molar-refractivity contribution in [1.29, 1.82) is 0 Å². The number of rotatable bonds is 4. The number of anilines is 1. The van der Waals surface area contributed by atoms with E-state index in [0.29, 0.717) is 11.6 Å². The van der Waals surface area contributed by atoms with E-state index in [1.54, 1.807) is 24.3 Å². The van der Waals surface area contributed by atoms with E-state index in [2.05, 4.69) is 5.32 Å². The number of carboxylic acids is 1. The molecule has 0 aliphatic rings. The highest BCUT2D eigenvalue weighted by atomic mass is 35.5. The first-order valence-electron chi connectivity index (χ1n) is 5.89. The average Bonchev–Trinajstić information content (AvgIpc) is 2.38. The number of para-hydroxylation sites is 1. The molecule has 2 aromatic rings. The summed E-state index contributed by atoms with van der Waals surface area (Å²) in [5, 5.41) is 12.8. The molecule has 0 aliphatic carbocycles. The average molecular weight is 276 g/mol. The van der Waals surface area contributed by atoms with Gasteiger partial charge in [0, 0.05) is 6.54 Å². The largest absolute Gasteiger partial charge is 0.478 e. The number of benzene rings is 2. The molecule has 2 rings (SSSR count). The number of hydrogen-bond donors (Lipinski definition) is 2. The summed E-state index contributed by atoms with van der Waals surface area (Å²) in [6, 6.07) is 12.5. The smallest absolute Gasteiger partial charge is 0.335 e. The van der Waals surface area contributed by atoms with Crippen LogP contribution >= 0.6 is 11.6 Å². The van der Waals surface area contributed by atoms with E-state index in [-0.39, 0.29) is 5.56 Å². The lowest BCUT2D eigenvalue weighted by atomic mass is 10.1. The van der Waals surface area contributed by atoms with E-state index in [9.17, 15) is 4.79 Å². The third-order valence-corrected chi connectivity index (χ3v) is 3.21. The number of aromatic carboxylic acids is 1. The van der Waals surface area contributed by atoms with Gasteiger partial charge in [0.2, 0.25) is 0 Å². The van der Waals surface area contributed by atoms with Gasteiger partial charge in [-0.2, -0.15) is 0 Å². The van der Waals surface area contributed by atoms with E-state index in [1.165, 1.54) is 0 Å². The van der Waals surface area contributed by atoms with Crippen LogP contribution in [0.4, 0.5) is 5.69 Å². The van der Waals surface area contributed by atoms with Crippen LogP contribution in [0.3, 0.4) is 0 Å². The van der Waals surface area contributed by atoms with Gasteiger partial charge < -0.3 is 10.4 Å².